The Morgan fingerprint density at radius 2 is 2.13 bits per heavy atom. The second-order valence-corrected chi connectivity index (χ2v) is 8.05. The van der Waals surface area contributed by atoms with Gasteiger partial charge in [0.1, 0.15) is 6.04 Å². The molecule has 1 unspecified atom stereocenters. The lowest BCUT2D eigenvalue weighted by atomic mass is 10.1. The van der Waals surface area contributed by atoms with Crippen molar-refractivity contribution in [1.29, 1.82) is 0 Å². The Balaban J connectivity index is 1.95. The van der Waals surface area contributed by atoms with Crippen molar-refractivity contribution in [2.75, 3.05) is 19.7 Å². The minimum atomic E-state index is -0.828. The van der Waals surface area contributed by atoms with Gasteiger partial charge >= 0.3 is 5.97 Å². The van der Waals surface area contributed by atoms with Crippen LogP contribution in [-0.2, 0) is 19.1 Å². The average Bonchev–Trinajstić information content (AvgIpc) is 2.68. The van der Waals surface area contributed by atoms with Crippen molar-refractivity contribution < 1.29 is 19.1 Å². The van der Waals surface area contributed by atoms with Crippen molar-refractivity contribution in [2.24, 2.45) is 5.92 Å². The minimum absolute atomic E-state index is 0.0821. The Morgan fingerprint density at radius 1 is 1.40 bits per heavy atom. The van der Waals surface area contributed by atoms with E-state index in [1.807, 2.05) is 19.9 Å². The molecule has 162 valence electrons. The highest BCUT2D eigenvalue weighted by Gasteiger charge is 2.34. The molecule has 1 aromatic rings. The van der Waals surface area contributed by atoms with E-state index < -0.39 is 17.9 Å². The van der Waals surface area contributed by atoms with Crippen molar-refractivity contribution >= 4 is 52.8 Å². The molecule has 2 rings (SSSR count). The van der Waals surface area contributed by atoms with E-state index in [9.17, 15) is 14.4 Å². The number of amides is 2. The number of esters is 1. The van der Waals surface area contributed by atoms with Gasteiger partial charge in [-0.1, -0.05) is 43.6 Å². The van der Waals surface area contributed by atoms with E-state index in [1.54, 1.807) is 29.2 Å². The molecule has 1 heterocycles. The van der Waals surface area contributed by atoms with E-state index in [1.165, 1.54) is 6.08 Å². The molecule has 0 spiro atoms. The molecule has 0 aliphatic carbocycles. The largest absolute Gasteiger partial charge is 0.466 e. The summed E-state index contributed by atoms with van der Waals surface area (Å²) in [5.74, 6) is -0.848. The molecule has 1 atom stereocenters. The highest BCUT2D eigenvalue weighted by molar-refractivity contribution is 7.80. The number of rotatable bonds is 7. The maximum atomic E-state index is 12.3. The highest BCUT2D eigenvalue weighted by atomic mass is 35.5. The lowest BCUT2D eigenvalue weighted by molar-refractivity contribution is -0.147. The molecule has 1 aromatic carbocycles. The Kier molecular flexibility index (Phi) is 9.26. The molecule has 30 heavy (non-hydrogen) atoms. The maximum Gasteiger partial charge on any atom is 0.308 e. The Morgan fingerprint density at radius 3 is 2.83 bits per heavy atom. The first-order chi connectivity index (χ1) is 14.3. The second-order valence-electron chi connectivity index (χ2n) is 7.26. The van der Waals surface area contributed by atoms with Crippen LogP contribution >= 0.6 is 23.8 Å². The first kappa shape index (κ1) is 23.8. The van der Waals surface area contributed by atoms with Crippen molar-refractivity contribution in [3.05, 3.63) is 40.9 Å². The summed E-state index contributed by atoms with van der Waals surface area (Å²) in [6, 6.07) is 6.28. The van der Waals surface area contributed by atoms with E-state index in [0.717, 1.165) is 6.42 Å². The molecule has 0 aromatic heterocycles. The maximum absolute atomic E-state index is 12.3. The lowest BCUT2D eigenvalue weighted by Crippen LogP contribution is -2.60. The number of halogens is 1. The van der Waals surface area contributed by atoms with E-state index >= 15 is 0 Å². The van der Waals surface area contributed by atoms with Crippen LogP contribution in [0.3, 0.4) is 0 Å². The molecular weight excluding hydrogens is 426 g/mol. The molecule has 1 saturated heterocycles. The summed E-state index contributed by atoms with van der Waals surface area (Å²) >= 11 is 11.4. The van der Waals surface area contributed by atoms with Gasteiger partial charge in [-0.3, -0.25) is 19.7 Å². The fourth-order valence-electron chi connectivity index (χ4n) is 2.78. The van der Waals surface area contributed by atoms with Crippen LogP contribution in [0, 0.1) is 5.92 Å². The van der Waals surface area contributed by atoms with Gasteiger partial charge in [0.15, 0.2) is 5.11 Å². The summed E-state index contributed by atoms with van der Waals surface area (Å²) in [6.07, 6.45) is 3.49. The normalized spacial score (nSPS) is 16.5. The van der Waals surface area contributed by atoms with Gasteiger partial charge in [-0.25, -0.2) is 0 Å². The Hall–Kier alpha value is -2.45. The summed E-state index contributed by atoms with van der Waals surface area (Å²) in [5.41, 5.74) is 0.694. The Bertz CT molecular complexity index is 828. The molecule has 1 fully saturated rings. The first-order valence-corrected chi connectivity index (χ1v) is 10.5. The van der Waals surface area contributed by atoms with Gasteiger partial charge in [0, 0.05) is 24.2 Å². The minimum Gasteiger partial charge on any atom is -0.466 e. The molecule has 7 nitrogen and oxygen atoms in total. The van der Waals surface area contributed by atoms with Crippen LogP contribution in [0.15, 0.2) is 30.3 Å². The smallest absolute Gasteiger partial charge is 0.308 e. The standard InChI is InChI=1S/C21H26ClN3O4S/c1-14(2)9-12-29-19(27)13-17-20(28)23-10-11-25(17)21(30)24-18(26)8-7-15-5-3-4-6-16(15)22/h3-8,14,17H,9-13H2,1-2H3,(H,23,28)(H,24,26,30)/b8-7+. The number of thiocarbonyl (C=S) groups is 1. The number of benzene rings is 1. The highest BCUT2D eigenvalue weighted by Crippen LogP contribution is 2.16. The van der Waals surface area contributed by atoms with Crippen molar-refractivity contribution in [3.8, 4) is 0 Å². The fourth-order valence-corrected chi connectivity index (χ4v) is 3.30. The molecule has 0 bridgehead atoms. The summed E-state index contributed by atoms with van der Waals surface area (Å²) in [4.78, 5) is 38.2. The topological polar surface area (TPSA) is 87.7 Å². The van der Waals surface area contributed by atoms with Crippen molar-refractivity contribution in [3.63, 3.8) is 0 Å². The summed E-state index contributed by atoms with van der Waals surface area (Å²) < 4.78 is 5.21. The predicted molar refractivity (Wildman–Crippen MR) is 120 cm³/mol. The van der Waals surface area contributed by atoms with Crippen LogP contribution in [-0.4, -0.2) is 53.5 Å². The van der Waals surface area contributed by atoms with Gasteiger partial charge in [-0.05, 0) is 42.3 Å². The number of hydrogen-bond acceptors (Lipinski definition) is 5. The van der Waals surface area contributed by atoms with Crippen LogP contribution < -0.4 is 10.6 Å². The number of nitrogens with one attached hydrogen (secondary N) is 2. The molecule has 1 aliphatic rings. The molecule has 0 saturated carbocycles. The van der Waals surface area contributed by atoms with E-state index in [2.05, 4.69) is 10.6 Å². The zero-order valence-electron chi connectivity index (χ0n) is 17.0. The average molecular weight is 452 g/mol. The van der Waals surface area contributed by atoms with Gasteiger partial charge in [0.05, 0.1) is 13.0 Å². The zero-order valence-corrected chi connectivity index (χ0v) is 18.6. The summed E-state index contributed by atoms with van der Waals surface area (Å²) in [6.45, 7) is 5.11. The third-order valence-corrected chi connectivity index (χ3v) is 5.14. The quantitative estimate of drug-likeness (QED) is 0.376. The zero-order chi connectivity index (χ0) is 22.1. The molecule has 1 aliphatic heterocycles. The SMILES string of the molecule is CC(C)CCOC(=O)CC1C(=O)NCCN1C(=S)NC(=O)/C=C/c1ccccc1Cl. The van der Waals surface area contributed by atoms with Crippen LogP contribution in [0.5, 0.6) is 0 Å². The van der Waals surface area contributed by atoms with E-state index in [0.29, 0.717) is 36.2 Å². The fraction of sp³-hybridized carbons (Fsp3) is 0.429. The third-order valence-electron chi connectivity index (χ3n) is 4.46. The number of piperazine rings is 1. The van der Waals surface area contributed by atoms with Gasteiger partial charge in [0.25, 0.3) is 0 Å². The molecule has 0 radical (unpaired) electrons. The predicted octanol–water partition coefficient (Wildman–Crippen LogP) is 2.53. The van der Waals surface area contributed by atoms with Gasteiger partial charge in [-0.15, -0.1) is 0 Å². The van der Waals surface area contributed by atoms with Crippen molar-refractivity contribution in [1.82, 2.24) is 15.5 Å². The number of hydrogen-bond donors (Lipinski definition) is 2. The Labute approximate surface area is 186 Å². The first-order valence-electron chi connectivity index (χ1n) is 9.75. The third kappa shape index (κ3) is 7.42. The molecule has 2 amide bonds. The van der Waals surface area contributed by atoms with Gasteiger partial charge < -0.3 is 15.0 Å². The number of nitrogens with zero attached hydrogens (tertiary/aromatic N) is 1. The number of ether oxygens (including phenoxy) is 1. The summed E-state index contributed by atoms with van der Waals surface area (Å²) in [7, 11) is 0. The molecule has 9 heteroatoms. The van der Waals surface area contributed by atoms with Crippen LogP contribution in [0.2, 0.25) is 5.02 Å². The van der Waals surface area contributed by atoms with Gasteiger partial charge in [-0.2, -0.15) is 0 Å². The monoisotopic (exact) mass is 451 g/mol. The van der Waals surface area contributed by atoms with Gasteiger partial charge in [0.2, 0.25) is 11.8 Å². The van der Waals surface area contributed by atoms with Crippen molar-refractivity contribution in [2.45, 2.75) is 32.7 Å². The lowest BCUT2D eigenvalue weighted by Gasteiger charge is -2.36. The second kappa shape index (κ2) is 11.7. The van der Waals surface area contributed by atoms with Crippen LogP contribution in [0.4, 0.5) is 0 Å². The number of carbonyl (C=O) groups is 3. The van der Waals surface area contributed by atoms with Crippen LogP contribution in [0.25, 0.3) is 6.08 Å². The molecular formula is C21H26ClN3O4S. The molecule has 2 N–H and O–H groups in total. The van der Waals surface area contributed by atoms with E-state index in [4.69, 9.17) is 28.6 Å². The van der Waals surface area contributed by atoms with Crippen LogP contribution in [0.1, 0.15) is 32.3 Å². The number of carbonyl (C=O) groups excluding carboxylic acids is 3. The van der Waals surface area contributed by atoms with E-state index in [-0.39, 0.29) is 17.4 Å². The summed E-state index contributed by atoms with van der Waals surface area (Å²) in [5, 5.41) is 5.89.